The van der Waals surface area contributed by atoms with Gasteiger partial charge in [0.05, 0.1) is 11.5 Å². The summed E-state index contributed by atoms with van der Waals surface area (Å²) < 4.78 is 0. The van der Waals surface area contributed by atoms with E-state index in [2.05, 4.69) is 54.2 Å². The minimum Gasteiger partial charge on any atom is -0.236 e. The first-order valence-electron chi connectivity index (χ1n) is 15.0. The molecule has 1 aliphatic rings. The Morgan fingerprint density at radius 2 is 1.33 bits per heavy atom. The van der Waals surface area contributed by atoms with Crippen LogP contribution in [0.25, 0.3) is 11.4 Å². The van der Waals surface area contributed by atoms with Gasteiger partial charge in [0.2, 0.25) is 0 Å². The van der Waals surface area contributed by atoms with Gasteiger partial charge in [-0.3, -0.25) is 0 Å². The van der Waals surface area contributed by atoms with E-state index in [-0.39, 0.29) is 5.41 Å². The van der Waals surface area contributed by atoms with Crippen molar-refractivity contribution in [2.75, 3.05) is 0 Å². The molecule has 0 radical (unpaired) electrons. The minimum absolute atomic E-state index is 0.0771. The van der Waals surface area contributed by atoms with Crippen LogP contribution in [0.1, 0.15) is 140 Å². The summed E-state index contributed by atoms with van der Waals surface area (Å²) in [6.45, 7) is 4.53. The fraction of sp³-hybridized carbons (Fsp3) is 0.667. The van der Waals surface area contributed by atoms with Crippen molar-refractivity contribution >= 4 is 0 Å². The van der Waals surface area contributed by atoms with Gasteiger partial charge in [0.15, 0.2) is 5.82 Å². The van der Waals surface area contributed by atoms with Gasteiger partial charge in [0.1, 0.15) is 0 Å². The van der Waals surface area contributed by atoms with E-state index in [4.69, 9.17) is 0 Å². The van der Waals surface area contributed by atoms with Gasteiger partial charge >= 0.3 is 0 Å². The molecule has 1 aromatic carbocycles. The molecule has 0 unspecified atom stereocenters. The summed E-state index contributed by atoms with van der Waals surface area (Å²) in [6.07, 6.45) is 26.3. The molecular weight excluding hydrogens is 438 g/mol. The zero-order valence-electron chi connectivity index (χ0n) is 23.1. The van der Waals surface area contributed by atoms with E-state index < -0.39 is 0 Å². The topological polar surface area (TPSA) is 49.6 Å². The first kappa shape index (κ1) is 28.4. The van der Waals surface area contributed by atoms with Gasteiger partial charge in [-0.25, -0.2) is 9.97 Å². The molecule has 0 bridgehead atoms. The molecule has 0 spiro atoms. The van der Waals surface area contributed by atoms with Gasteiger partial charge in [-0.2, -0.15) is 5.26 Å². The zero-order chi connectivity index (χ0) is 25.5. The van der Waals surface area contributed by atoms with Crippen LogP contribution < -0.4 is 0 Å². The Labute approximate surface area is 221 Å². The number of aromatic nitrogens is 2. The normalized spacial score (nSPS) is 19.8. The third-order valence-corrected chi connectivity index (χ3v) is 8.35. The highest BCUT2D eigenvalue weighted by molar-refractivity contribution is 5.55. The van der Waals surface area contributed by atoms with Crippen LogP contribution in [-0.2, 0) is 6.42 Å². The number of aryl methyl sites for hydroxylation is 1. The number of unbranched alkanes of at least 4 members (excludes halogenated alkanes) is 10. The molecule has 0 amide bonds. The summed E-state index contributed by atoms with van der Waals surface area (Å²) in [5, 5.41) is 9.95. The van der Waals surface area contributed by atoms with Crippen LogP contribution >= 0.6 is 0 Å². The van der Waals surface area contributed by atoms with E-state index in [1.54, 1.807) is 0 Å². The van der Waals surface area contributed by atoms with E-state index in [0.29, 0.717) is 5.92 Å². The second-order valence-electron chi connectivity index (χ2n) is 11.2. The summed E-state index contributed by atoms with van der Waals surface area (Å²) >= 11 is 0. The van der Waals surface area contributed by atoms with E-state index in [1.807, 2.05) is 12.4 Å². The van der Waals surface area contributed by atoms with Gasteiger partial charge in [-0.15, -0.1) is 0 Å². The Morgan fingerprint density at radius 3 is 1.92 bits per heavy atom. The molecule has 1 fully saturated rings. The molecule has 1 aromatic heterocycles. The lowest BCUT2D eigenvalue weighted by atomic mass is 9.67. The predicted molar refractivity (Wildman–Crippen MR) is 152 cm³/mol. The molecule has 0 N–H and O–H groups in total. The maximum Gasteiger partial charge on any atom is 0.159 e. The summed E-state index contributed by atoms with van der Waals surface area (Å²) in [5.74, 6) is 1.39. The number of nitriles is 1. The molecule has 0 atom stereocenters. The minimum atomic E-state index is -0.0771. The first-order valence-corrected chi connectivity index (χ1v) is 15.0. The van der Waals surface area contributed by atoms with Crippen LogP contribution in [0, 0.1) is 16.7 Å². The third kappa shape index (κ3) is 9.02. The molecule has 1 aliphatic carbocycles. The van der Waals surface area contributed by atoms with Crippen molar-refractivity contribution in [2.24, 2.45) is 5.41 Å². The van der Waals surface area contributed by atoms with Crippen molar-refractivity contribution in [3.05, 3.63) is 47.8 Å². The predicted octanol–water partition coefficient (Wildman–Crippen LogP) is 9.96. The number of nitrogens with zero attached hydrogens (tertiary/aromatic N) is 3. The average molecular weight is 488 g/mol. The highest BCUT2D eigenvalue weighted by Gasteiger charge is 2.35. The van der Waals surface area contributed by atoms with Gasteiger partial charge < -0.3 is 0 Å². The van der Waals surface area contributed by atoms with E-state index in [9.17, 15) is 5.26 Å². The molecule has 2 aromatic rings. The Hall–Kier alpha value is -2.21. The third-order valence-electron chi connectivity index (χ3n) is 8.35. The van der Waals surface area contributed by atoms with Crippen molar-refractivity contribution in [2.45, 2.75) is 135 Å². The van der Waals surface area contributed by atoms with Gasteiger partial charge in [-0.05, 0) is 62.0 Å². The highest BCUT2D eigenvalue weighted by atomic mass is 14.9. The van der Waals surface area contributed by atoms with Crippen LogP contribution in [0.4, 0.5) is 0 Å². The zero-order valence-corrected chi connectivity index (χ0v) is 23.1. The van der Waals surface area contributed by atoms with Crippen molar-refractivity contribution in [1.82, 2.24) is 9.97 Å². The molecule has 0 aliphatic heterocycles. The lowest BCUT2D eigenvalue weighted by molar-refractivity contribution is 0.223. The van der Waals surface area contributed by atoms with E-state index in [1.165, 1.54) is 88.2 Å². The second-order valence-corrected chi connectivity index (χ2v) is 11.2. The number of hydrogen-bond donors (Lipinski definition) is 0. The standard InChI is InChI=1S/C33H49N3/c1-3-5-7-9-11-13-15-28-25-35-32(36-26-28)31-18-16-29(17-19-31)30-20-23-33(27-34,24-21-30)22-14-12-10-8-6-4-2/h16-19,25-26,30H,3-15,20-24H2,1-2H3. The Morgan fingerprint density at radius 1 is 0.778 bits per heavy atom. The summed E-state index contributed by atoms with van der Waals surface area (Å²) in [7, 11) is 0. The lowest BCUT2D eigenvalue weighted by Gasteiger charge is -2.35. The molecule has 3 nitrogen and oxygen atoms in total. The maximum absolute atomic E-state index is 9.95. The molecular formula is C33H49N3. The average Bonchev–Trinajstić information content (AvgIpc) is 2.93. The smallest absolute Gasteiger partial charge is 0.159 e. The van der Waals surface area contributed by atoms with Crippen molar-refractivity contribution in [3.63, 3.8) is 0 Å². The molecule has 3 heteroatoms. The molecule has 1 heterocycles. The van der Waals surface area contributed by atoms with Crippen molar-refractivity contribution < 1.29 is 0 Å². The van der Waals surface area contributed by atoms with Crippen LogP contribution in [0.5, 0.6) is 0 Å². The largest absolute Gasteiger partial charge is 0.236 e. The van der Waals surface area contributed by atoms with Gasteiger partial charge in [-0.1, -0.05) is 109 Å². The SMILES string of the molecule is CCCCCCCCc1cnc(-c2ccc(C3CCC(C#N)(CCCCCCCC)CC3)cc2)nc1. The van der Waals surface area contributed by atoms with Crippen molar-refractivity contribution in [1.29, 1.82) is 5.26 Å². The quantitative estimate of drug-likeness (QED) is 0.221. The maximum atomic E-state index is 9.95. The second kappa shape index (κ2) is 15.8. The summed E-state index contributed by atoms with van der Waals surface area (Å²) in [4.78, 5) is 9.31. The van der Waals surface area contributed by atoms with E-state index >= 15 is 0 Å². The van der Waals surface area contributed by atoms with Crippen LogP contribution in [0.2, 0.25) is 0 Å². The Kier molecular flexibility index (Phi) is 12.5. The Bertz CT molecular complexity index is 886. The molecule has 1 saturated carbocycles. The molecule has 0 saturated heterocycles. The van der Waals surface area contributed by atoms with Gasteiger partial charge in [0.25, 0.3) is 0 Å². The Balaban J connectivity index is 1.44. The van der Waals surface area contributed by atoms with Gasteiger partial charge in [0, 0.05) is 18.0 Å². The lowest BCUT2D eigenvalue weighted by Crippen LogP contribution is -2.25. The van der Waals surface area contributed by atoms with Crippen LogP contribution in [0.15, 0.2) is 36.7 Å². The molecule has 3 rings (SSSR count). The first-order chi connectivity index (χ1) is 17.7. The fourth-order valence-corrected chi connectivity index (χ4v) is 5.81. The van der Waals surface area contributed by atoms with Crippen molar-refractivity contribution in [3.8, 4) is 17.5 Å². The van der Waals surface area contributed by atoms with Crippen LogP contribution in [0.3, 0.4) is 0 Å². The fourth-order valence-electron chi connectivity index (χ4n) is 5.81. The van der Waals surface area contributed by atoms with Crippen LogP contribution in [-0.4, -0.2) is 9.97 Å². The monoisotopic (exact) mass is 487 g/mol. The number of rotatable bonds is 16. The highest BCUT2D eigenvalue weighted by Crippen LogP contribution is 2.45. The number of benzene rings is 1. The summed E-state index contributed by atoms with van der Waals surface area (Å²) in [6, 6.07) is 11.6. The molecule has 196 valence electrons. The number of hydrogen-bond acceptors (Lipinski definition) is 3. The summed E-state index contributed by atoms with van der Waals surface area (Å²) in [5.41, 5.74) is 3.67. The molecule has 36 heavy (non-hydrogen) atoms. The van der Waals surface area contributed by atoms with E-state index in [0.717, 1.165) is 49.9 Å².